The van der Waals surface area contributed by atoms with Crippen molar-refractivity contribution in [2.24, 2.45) is 0 Å². The van der Waals surface area contributed by atoms with Gasteiger partial charge in [-0.25, -0.2) is 0 Å². The Hall–Kier alpha value is -3.26. The van der Waals surface area contributed by atoms with Crippen LogP contribution in [-0.4, -0.2) is 47.9 Å². The van der Waals surface area contributed by atoms with E-state index in [2.05, 4.69) is 0 Å². The number of amides is 2. The van der Waals surface area contributed by atoms with Crippen molar-refractivity contribution in [1.82, 2.24) is 4.90 Å². The molecule has 1 heterocycles. The molecule has 0 saturated carbocycles. The first-order chi connectivity index (χ1) is 15.3. The summed E-state index contributed by atoms with van der Waals surface area (Å²) in [7, 11) is 0. The summed E-state index contributed by atoms with van der Waals surface area (Å²) in [6.07, 6.45) is 1.29. The van der Waals surface area contributed by atoms with Gasteiger partial charge in [0.05, 0.1) is 11.0 Å². The summed E-state index contributed by atoms with van der Waals surface area (Å²) < 4.78 is 16.4. The predicted molar refractivity (Wildman–Crippen MR) is 123 cm³/mol. The summed E-state index contributed by atoms with van der Waals surface area (Å²) in [5.41, 5.74) is 1.87. The zero-order valence-corrected chi connectivity index (χ0v) is 19.0. The number of aryl methyl sites for hydroxylation is 1. The summed E-state index contributed by atoms with van der Waals surface area (Å²) in [5.74, 6) is 0.261. The summed E-state index contributed by atoms with van der Waals surface area (Å²) in [6.45, 7) is 5.76. The second kappa shape index (κ2) is 10.9. The normalized spacial score (nSPS) is 14.9. The summed E-state index contributed by atoms with van der Waals surface area (Å²) >= 11 is 0.793. The molecule has 2 amide bonds. The van der Waals surface area contributed by atoms with Crippen LogP contribution in [0, 0.1) is 6.92 Å². The standard InChI is InChI=1S/C24H25NO6S/c1-16(2)31-22(26)15-25-23(27)21(32-24(25)28)14-18-5-4-6-20(13-18)30-12-11-29-19-9-7-17(3)8-10-19/h4-10,13-14,16H,11-12,15H2,1-3H3/b21-14-. The van der Waals surface area contributed by atoms with Gasteiger partial charge in [0.25, 0.3) is 11.1 Å². The molecule has 7 nitrogen and oxygen atoms in total. The van der Waals surface area contributed by atoms with Crippen molar-refractivity contribution in [3.63, 3.8) is 0 Å². The van der Waals surface area contributed by atoms with E-state index in [-0.39, 0.29) is 11.0 Å². The Morgan fingerprint density at radius 1 is 1.03 bits per heavy atom. The Labute approximate surface area is 191 Å². The maximum Gasteiger partial charge on any atom is 0.326 e. The molecule has 2 aromatic rings. The number of ether oxygens (including phenoxy) is 3. The zero-order chi connectivity index (χ0) is 23.1. The molecule has 1 aliphatic rings. The molecule has 1 fully saturated rings. The van der Waals surface area contributed by atoms with E-state index in [0.717, 1.165) is 22.4 Å². The van der Waals surface area contributed by atoms with E-state index in [1.807, 2.05) is 31.2 Å². The Morgan fingerprint density at radius 3 is 2.41 bits per heavy atom. The number of carbonyl (C=O) groups excluding carboxylic acids is 3. The van der Waals surface area contributed by atoms with Gasteiger partial charge in [0, 0.05) is 0 Å². The number of benzene rings is 2. The van der Waals surface area contributed by atoms with Gasteiger partial charge in [-0.05, 0) is 68.4 Å². The van der Waals surface area contributed by atoms with Crippen LogP contribution in [0.25, 0.3) is 6.08 Å². The van der Waals surface area contributed by atoms with Gasteiger partial charge in [-0.2, -0.15) is 0 Å². The quantitative estimate of drug-likeness (QED) is 0.314. The Balaban J connectivity index is 1.56. The molecule has 3 rings (SSSR count). The van der Waals surface area contributed by atoms with E-state index >= 15 is 0 Å². The van der Waals surface area contributed by atoms with Crippen molar-refractivity contribution in [2.75, 3.05) is 19.8 Å². The van der Waals surface area contributed by atoms with Gasteiger partial charge in [0.1, 0.15) is 31.3 Å². The third-order valence-corrected chi connectivity index (χ3v) is 5.23. The molecule has 0 atom stereocenters. The number of hydrogen-bond acceptors (Lipinski definition) is 7. The van der Waals surface area contributed by atoms with Crippen molar-refractivity contribution >= 4 is 35.0 Å². The molecule has 0 spiro atoms. The second-order valence-corrected chi connectivity index (χ2v) is 8.38. The van der Waals surface area contributed by atoms with Crippen molar-refractivity contribution < 1.29 is 28.6 Å². The van der Waals surface area contributed by atoms with Crippen LogP contribution < -0.4 is 9.47 Å². The molecular formula is C24H25NO6S. The Morgan fingerprint density at radius 2 is 1.72 bits per heavy atom. The molecule has 1 aliphatic heterocycles. The van der Waals surface area contributed by atoms with Gasteiger partial charge < -0.3 is 14.2 Å². The predicted octanol–water partition coefficient (Wildman–Crippen LogP) is 4.44. The fourth-order valence-electron chi connectivity index (χ4n) is 2.86. The van der Waals surface area contributed by atoms with E-state index in [0.29, 0.717) is 24.5 Å². The molecule has 1 saturated heterocycles. The first-order valence-corrected chi connectivity index (χ1v) is 11.0. The van der Waals surface area contributed by atoms with E-state index in [1.54, 1.807) is 44.2 Å². The second-order valence-electron chi connectivity index (χ2n) is 7.39. The van der Waals surface area contributed by atoms with Crippen LogP contribution in [0.3, 0.4) is 0 Å². The molecule has 0 N–H and O–H groups in total. The van der Waals surface area contributed by atoms with Crippen LogP contribution in [0.4, 0.5) is 4.79 Å². The maximum atomic E-state index is 12.6. The monoisotopic (exact) mass is 455 g/mol. The fraction of sp³-hybridized carbons (Fsp3) is 0.292. The molecule has 168 valence electrons. The third kappa shape index (κ3) is 6.62. The van der Waals surface area contributed by atoms with Crippen molar-refractivity contribution in [3.8, 4) is 11.5 Å². The number of nitrogens with zero attached hydrogens (tertiary/aromatic N) is 1. The topological polar surface area (TPSA) is 82.1 Å². The van der Waals surface area contributed by atoms with Crippen LogP contribution >= 0.6 is 11.8 Å². The van der Waals surface area contributed by atoms with Crippen molar-refractivity contribution in [1.29, 1.82) is 0 Å². The highest BCUT2D eigenvalue weighted by atomic mass is 32.2. The first kappa shape index (κ1) is 23.4. The maximum absolute atomic E-state index is 12.6. The fourth-order valence-corrected chi connectivity index (χ4v) is 3.70. The zero-order valence-electron chi connectivity index (χ0n) is 18.2. The molecular weight excluding hydrogens is 430 g/mol. The lowest BCUT2D eigenvalue weighted by atomic mass is 10.2. The van der Waals surface area contributed by atoms with E-state index in [9.17, 15) is 14.4 Å². The number of imide groups is 1. The smallest absolute Gasteiger partial charge is 0.326 e. The van der Waals surface area contributed by atoms with Gasteiger partial charge in [0.15, 0.2) is 0 Å². The average Bonchev–Trinajstić information content (AvgIpc) is 2.99. The van der Waals surface area contributed by atoms with Gasteiger partial charge in [-0.15, -0.1) is 0 Å². The van der Waals surface area contributed by atoms with Crippen LogP contribution in [0.1, 0.15) is 25.0 Å². The lowest BCUT2D eigenvalue weighted by molar-refractivity contribution is -0.149. The summed E-state index contributed by atoms with van der Waals surface area (Å²) in [4.78, 5) is 37.7. The minimum Gasteiger partial charge on any atom is -0.490 e. The Bertz CT molecular complexity index is 1020. The molecule has 8 heteroatoms. The SMILES string of the molecule is Cc1ccc(OCCOc2cccc(/C=C3\SC(=O)N(CC(=O)OC(C)C)C3=O)c2)cc1. The van der Waals surface area contributed by atoms with Crippen LogP contribution in [0.2, 0.25) is 0 Å². The summed E-state index contributed by atoms with van der Waals surface area (Å²) in [5, 5.41) is -0.498. The van der Waals surface area contributed by atoms with Gasteiger partial charge >= 0.3 is 5.97 Å². The van der Waals surface area contributed by atoms with E-state index in [1.165, 1.54) is 5.56 Å². The largest absolute Gasteiger partial charge is 0.490 e. The molecule has 0 radical (unpaired) electrons. The van der Waals surface area contributed by atoms with E-state index in [4.69, 9.17) is 14.2 Å². The highest BCUT2D eigenvalue weighted by Crippen LogP contribution is 2.32. The first-order valence-electron chi connectivity index (χ1n) is 10.2. The molecule has 0 aliphatic carbocycles. The number of hydrogen-bond donors (Lipinski definition) is 0. The summed E-state index contributed by atoms with van der Waals surface area (Å²) in [6, 6.07) is 15.0. The lowest BCUT2D eigenvalue weighted by Gasteiger charge is -2.13. The van der Waals surface area contributed by atoms with Crippen LogP contribution in [0.5, 0.6) is 11.5 Å². The number of carbonyl (C=O) groups is 3. The number of thioether (sulfide) groups is 1. The molecule has 0 aromatic heterocycles. The minimum absolute atomic E-state index is 0.243. The highest BCUT2D eigenvalue weighted by molar-refractivity contribution is 8.18. The third-order valence-electron chi connectivity index (χ3n) is 4.33. The molecule has 0 unspecified atom stereocenters. The van der Waals surface area contributed by atoms with E-state index < -0.39 is 23.7 Å². The van der Waals surface area contributed by atoms with Crippen LogP contribution in [-0.2, 0) is 14.3 Å². The number of rotatable bonds is 9. The van der Waals surface area contributed by atoms with Gasteiger partial charge in [-0.3, -0.25) is 19.3 Å². The molecule has 0 bridgehead atoms. The minimum atomic E-state index is -0.619. The molecule has 2 aromatic carbocycles. The Kier molecular flexibility index (Phi) is 7.94. The van der Waals surface area contributed by atoms with Crippen molar-refractivity contribution in [3.05, 3.63) is 64.6 Å². The number of esters is 1. The lowest BCUT2D eigenvalue weighted by Crippen LogP contribution is -2.35. The van der Waals surface area contributed by atoms with Gasteiger partial charge in [0.2, 0.25) is 0 Å². The average molecular weight is 456 g/mol. The van der Waals surface area contributed by atoms with Gasteiger partial charge in [-0.1, -0.05) is 29.8 Å². The van der Waals surface area contributed by atoms with Crippen LogP contribution in [0.15, 0.2) is 53.4 Å². The molecule has 32 heavy (non-hydrogen) atoms. The highest BCUT2D eigenvalue weighted by Gasteiger charge is 2.36. The van der Waals surface area contributed by atoms with Crippen molar-refractivity contribution in [2.45, 2.75) is 26.9 Å².